The average Bonchev–Trinajstić information content (AvgIpc) is 3.10. The summed E-state index contributed by atoms with van der Waals surface area (Å²) in [6.07, 6.45) is 0.319. The molecule has 3 amide bonds. The van der Waals surface area contributed by atoms with Gasteiger partial charge in [-0.15, -0.1) is 0 Å². The molecule has 2 aromatic carbocycles. The Morgan fingerprint density at radius 2 is 1.76 bits per heavy atom. The number of hydrogen-bond acceptors (Lipinski definition) is 9. The average molecular weight is 694 g/mol. The maximum absolute atomic E-state index is 13.0. The predicted molar refractivity (Wildman–Crippen MR) is 180 cm³/mol. The second kappa shape index (κ2) is 14.7. The number of carbonyl (C=O) groups is 3. The molecule has 3 aliphatic heterocycles. The largest absolute Gasteiger partial charge is 0.433 e. The molecule has 14 heteroatoms. The van der Waals surface area contributed by atoms with E-state index in [1.54, 1.807) is 0 Å². The molecule has 11 nitrogen and oxygen atoms in total. The van der Waals surface area contributed by atoms with Crippen molar-refractivity contribution in [2.24, 2.45) is 0 Å². The predicted octanol–water partition coefficient (Wildman–Crippen LogP) is 4.13. The van der Waals surface area contributed by atoms with Crippen LogP contribution in [-0.2, 0) is 39.3 Å². The number of piperidine rings is 3. The molecule has 50 heavy (non-hydrogen) atoms. The Morgan fingerprint density at radius 3 is 2.42 bits per heavy atom. The topological polar surface area (TPSA) is 131 Å². The summed E-state index contributed by atoms with van der Waals surface area (Å²) in [6.45, 7) is 5.81. The third kappa shape index (κ3) is 8.24. The second-order valence-corrected chi connectivity index (χ2v) is 13.5. The number of amides is 3. The molecule has 266 valence electrons. The van der Waals surface area contributed by atoms with Crippen molar-refractivity contribution < 1.29 is 32.7 Å². The molecule has 0 radical (unpaired) electrons. The van der Waals surface area contributed by atoms with Gasteiger partial charge in [0.1, 0.15) is 11.7 Å². The van der Waals surface area contributed by atoms with E-state index in [4.69, 9.17) is 0 Å². The Balaban J connectivity index is 0.990. The van der Waals surface area contributed by atoms with Gasteiger partial charge in [0.15, 0.2) is 0 Å². The lowest BCUT2D eigenvalue weighted by Gasteiger charge is -2.39. The molecule has 0 aliphatic carbocycles. The standard InChI is InChI=1S/C36H42F3N7O4/c1-24-2-5-27(20-26(24)22-46(23-47)30-8-9-32(48)43-33(30)49)35(50)13-18-44(19-14-35)21-25-3-6-29(7-4-25)45-16-11-28(12-17-45)41-34-40-15-10-31(42-34)36(37,38)39/h2-7,10,15,20,23,28,30,50H,8-9,11-14,16-19,21-22H2,1H3,(H,40,41,42)(H,43,48,49). The van der Waals surface area contributed by atoms with E-state index in [1.165, 1.54) is 4.90 Å². The van der Waals surface area contributed by atoms with Gasteiger partial charge in [-0.1, -0.05) is 30.3 Å². The number of aliphatic hydroxyl groups is 1. The second-order valence-electron chi connectivity index (χ2n) is 13.5. The molecule has 1 aromatic heterocycles. The number of anilines is 2. The van der Waals surface area contributed by atoms with Crippen molar-refractivity contribution in [1.82, 2.24) is 25.1 Å². The molecule has 3 saturated heterocycles. The first-order valence-electron chi connectivity index (χ1n) is 17.0. The smallest absolute Gasteiger partial charge is 0.385 e. The van der Waals surface area contributed by atoms with Crippen LogP contribution in [0.2, 0.25) is 0 Å². The number of aromatic nitrogens is 2. The molecule has 0 saturated carbocycles. The number of rotatable bonds is 10. The molecule has 0 bridgehead atoms. The number of nitrogens with one attached hydrogen (secondary N) is 2. The Kier molecular flexibility index (Phi) is 10.4. The maximum atomic E-state index is 13.0. The molecule has 3 N–H and O–H groups in total. The van der Waals surface area contributed by atoms with Gasteiger partial charge in [0.2, 0.25) is 24.2 Å². The lowest BCUT2D eigenvalue weighted by atomic mass is 9.83. The van der Waals surface area contributed by atoms with Crippen LogP contribution in [0.3, 0.4) is 0 Å². The van der Waals surface area contributed by atoms with Crippen LogP contribution >= 0.6 is 0 Å². The van der Waals surface area contributed by atoms with Crippen molar-refractivity contribution in [3.8, 4) is 0 Å². The highest BCUT2D eigenvalue weighted by Crippen LogP contribution is 2.35. The third-order valence-electron chi connectivity index (χ3n) is 10.2. The normalized spacial score (nSPS) is 20.3. The summed E-state index contributed by atoms with van der Waals surface area (Å²) < 4.78 is 39.0. The summed E-state index contributed by atoms with van der Waals surface area (Å²) in [4.78, 5) is 49.5. The van der Waals surface area contributed by atoms with E-state index in [9.17, 15) is 32.7 Å². The van der Waals surface area contributed by atoms with Crippen molar-refractivity contribution in [1.29, 1.82) is 0 Å². The minimum absolute atomic E-state index is 0.00430. The fourth-order valence-electron chi connectivity index (χ4n) is 7.04. The molecule has 1 atom stereocenters. The number of halogens is 3. The lowest BCUT2D eigenvalue weighted by molar-refractivity contribution is -0.142. The first-order valence-corrected chi connectivity index (χ1v) is 17.0. The van der Waals surface area contributed by atoms with E-state index in [0.29, 0.717) is 32.3 Å². The zero-order valence-corrected chi connectivity index (χ0v) is 28.0. The maximum Gasteiger partial charge on any atom is 0.433 e. The van der Waals surface area contributed by atoms with Crippen molar-refractivity contribution in [2.75, 3.05) is 36.4 Å². The molecule has 6 rings (SSSR count). The van der Waals surface area contributed by atoms with Crippen LogP contribution in [0.15, 0.2) is 54.7 Å². The number of hydrogen-bond donors (Lipinski definition) is 3. The highest BCUT2D eigenvalue weighted by atomic mass is 19.4. The Hall–Kier alpha value is -4.56. The van der Waals surface area contributed by atoms with Crippen molar-refractivity contribution in [2.45, 2.75) is 82.4 Å². The van der Waals surface area contributed by atoms with E-state index in [0.717, 1.165) is 72.7 Å². The van der Waals surface area contributed by atoms with Crippen LogP contribution < -0.4 is 15.5 Å². The third-order valence-corrected chi connectivity index (χ3v) is 10.2. The van der Waals surface area contributed by atoms with E-state index >= 15 is 0 Å². The van der Waals surface area contributed by atoms with E-state index in [2.05, 4.69) is 54.7 Å². The van der Waals surface area contributed by atoms with Gasteiger partial charge in [-0.25, -0.2) is 9.97 Å². The van der Waals surface area contributed by atoms with Gasteiger partial charge >= 0.3 is 6.18 Å². The van der Waals surface area contributed by atoms with Crippen LogP contribution in [0.4, 0.5) is 24.8 Å². The summed E-state index contributed by atoms with van der Waals surface area (Å²) in [6, 6.07) is 14.4. The fraction of sp³-hybridized carbons (Fsp3) is 0.472. The fourth-order valence-corrected chi connectivity index (χ4v) is 7.04. The number of imide groups is 1. The van der Waals surface area contributed by atoms with Crippen LogP contribution in [0, 0.1) is 6.92 Å². The van der Waals surface area contributed by atoms with E-state index in [-0.39, 0.29) is 37.3 Å². The first-order chi connectivity index (χ1) is 23.9. The minimum Gasteiger partial charge on any atom is -0.385 e. The zero-order chi connectivity index (χ0) is 35.5. The number of likely N-dealkylation sites (tertiary alicyclic amines) is 1. The highest BCUT2D eigenvalue weighted by Gasteiger charge is 2.36. The van der Waals surface area contributed by atoms with E-state index < -0.39 is 29.4 Å². The van der Waals surface area contributed by atoms with E-state index in [1.807, 2.05) is 25.1 Å². The number of carbonyl (C=O) groups excluding carboxylic acids is 3. The monoisotopic (exact) mass is 693 g/mol. The number of benzene rings is 2. The van der Waals surface area contributed by atoms with Gasteiger partial charge in [0.05, 0.1) is 5.60 Å². The lowest BCUT2D eigenvalue weighted by Crippen LogP contribution is -2.51. The minimum atomic E-state index is -4.51. The molecule has 3 aromatic rings. The quantitative estimate of drug-likeness (QED) is 0.212. The number of nitrogens with zero attached hydrogens (tertiary/aromatic N) is 5. The Bertz CT molecular complexity index is 1690. The van der Waals surface area contributed by atoms with Gasteiger partial charge in [-0.2, -0.15) is 13.2 Å². The van der Waals surface area contributed by atoms with Crippen LogP contribution in [0.1, 0.15) is 66.5 Å². The summed E-state index contributed by atoms with van der Waals surface area (Å²) in [5.74, 6) is -0.803. The summed E-state index contributed by atoms with van der Waals surface area (Å²) in [5.41, 5.74) is 2.87. The zero-order valence-electron chi connectivity index (χ0n) is 28.0. The van der Waals surface area contributed by atoms with Gasteiger partial charge < -0.3 is 20.2 Å². The molecule has 1 unspecified atom stereocenters. The number of alkyl halides is 3. The van der Waals surface area contributed by atoms with Crippen molar-refractivity contribution in [3.05, 3.63) is 82.7 Å². The van der Waals surface area contributed by atoms with Crippen molar-refractivity contribution >= 4 is 29.9 Å². The SMILES string of the molecule is Cc1ccc(C2(O)CCN(Cc3ccc(N4CCC(Nc5nccc(C(F)(F)F)n5)CC4)cc3)CC2)cc1CN(C=O)C1CCC(=O)NC1=O. The Labute approximate surface area is 288 Å². The molecule has 3 fully saturated rings. The molecule has 3 aliphatic rings. The Morgan fingerprint density at radius 1 is 1.04 bits per heavy atom. The molecular weight excluding hydrogens is 651 g/mol. The molecular formula is C36H42F3N7O4. The van der Waals surface area contributed by atoms with Crippen molar-refractivity contribution in [3.63, 3.8) is 0 Å². The van der Waals surface area contributed by atoms with Crippen LogP contribution in [0.25, 0.3) is 0 Å². The van der Waals surface area contributed by atoms with Gasteiger partial charge in [0, 0.05) is 63.6 Å². The number of aryl methyl sites for hydroxylation is 1. The molecule has 4 heterocycles. The van der Waals surface area contributed by atoms with Crippen LogP contribution in [-0.4, -0.2) is 81.4 Å². The highest BCUT2D eigenvalue weighted by molar-refractivity contribution is 6.00. The summed E-state index contributed by atoms with van der Waals surface area (Å²) in [7, 11) is 0. The van der Waals surface area contributed by atoms with Gasteiger partial charge in [-0.3, -0.25) is 24.6 Å². The van der Waals surface area contributed by atoms with Gasteiger partial charge in [-0.05, 0) is 79.5 Å². The van der Waals surface area contributed by atoms with Gasteiger partial charge in [0.25, 0.3) is 0 Å². The first kappa shape index (κ1) is 35.3. The molecule has 0 spiro atoms. The summed E-state index contributed by atoms with van der Waals surface area (Å²) in [5, 5.41) is 17.1. The van der Waals surface area contributed by atoms with Crippen LogP contribution in [0.5, 0.6) is 0 Å². The summed E-state index contributed by atoms with van der Waals surface area (Å²) >= 11 is 0.